The van der Waals surface area contributed by atoms with E-state index in [0.29, 0.717) is 0 Å². The Morgan fingerprint density at radius 3 is 2.68 bits per heavy atom. The molecule has 0 atom stereocenters. The van der Waals surface area contributed by atoms with Crippen molar-refractivity contribution < 1.29 is 17.6 Å². The van der Waals surface area contributed by atoms with Gasteiger partial charge < -0.3 is 11.1 Å². The van der Waals surface area contributed by atoms with Crippen molar-refractivity contribution in [2.24, 2.45) is 5.73 Å². The van der Waals surface area contributed by atoms with Gasteiger partial charge in [0.15, 0.2) is 0 Å². The number of rotatable bonds is 6. The van der Waals surface area contributed by atoms with Crippen molar-refractivity contribution in [1.82, 2.24) is 10.0 Å². The molecule has 106 valence electrons. The average Bonchev–Trinajstić information content (AvgIpc) is 2.37. The number of carbonyl (C=O) groups is 1. The van der Waals surface area contributed by atoms with E-state index < -0.39 is 15.8 Å². The number of amides is 1. The van der Waals surface area contributed by atoms with Gasteiger partial charge in [0.2, 0.25) is 15.9 Å². The number of hydrogen-bond acceptors (Lipinski definition) is 4. The third-order valence-corrected chi connectivity index (χ3v) is 4.04. The largest absolute Gasteiger partial charge is 0.359 e. The number of hydrogen-bond donors (Lipinski definition) is 3. The van der Waals surface area contributed by atoms with Crippen LogP contribution in [0.1, 0.15) is 12.0 Å². The van der Waals surface area contributed by atoms with E-state index in [2.05, 4.69) is 10.0 Å². The van der Waals surface area contributed by atoms with Gasteiger partial charge in [-0.1, -0.05) is 6.07 Å². The second-order valence-electron chi connectivity index (χ2n) is 3.74. The molecule has 0 unspecified atom stereocenters. The van der Waals surface area contributed by atoms with Crippen molar-refractivity contribution in [1.29, 1.82) is 0 Å². The maximum absolute atomic E-state index is 13.4. The third-order valence-electron chi connectivity index (χ3n) is 2.49. The van der Waals surface area contributed by atoms with Gasteiger partial charge in [0.1, 0.15) is 5.82 Å². The van der Waals surface area contributed by atoms with Crippen LogP contribution in [0.3, 0.4) is 0 Å². The Balaban J connectivity index is 2.89. The standard InChI is InChI=1S/C11H16FN3O3S/c1-14-11(16)5-6-15-19(17,18)10-4-2-3-9(12)8(10)7-13/h2-4,15H,5-7,13H2,1H3,(H,14,16). The first kappa shape index (κ1) is 15.5. The zero-order valence-electron chi connectivity index (χ0n) is 10.4. The first-order valence-electron chi connectivity index (χ1n) is 5.60. The van der Waals surface area contributed by atoms with Crippen molar-refractivity contribution in [3.8, 4) is 0 Å². The molecule has 0 saturated carbocycles. The summed E-state index contributed by atoms with van der Waals surface area (Å²) in [7, 11) is -2.43. The predicted molar refractivity (Wildman–Crippen MR) is 68.2 cm³/mol. The lowest BCUT2D eigenvalue weighted by molar-refractivity contribution is -0.120. The molecule has 0 fully saturated rings. The van der Waals surface area contributed by atoms with Gasteiger partial charge in [0, 0.05) is 32.1 Å². The van der Waals surface area contributed by atoms with Crippen molar-refractivity contribution >= 4 is 15.9 Å². The van der Waals surface area contributed by atoms with E-state index in [1.165, 1.54) is 19.2 Å². The van der Waals surface area contributed by atoms with Crippen LogP contribution in [0.5, 0.6) is 0 Å². The number of halogens is 1. The van der Waals surface area contributed by atoms with Crippen molar-refractivity contribution in [3.05, 3.63) is 29.6 Å². The Bertz CT molecular complexity index is 560. The van der Waals surface area contributed by atoms with E-state index in [0.717, 1.165) is 6.07 Å². The van der Waals surface area contributed by atoms with E-state index >= 15 is 0 Å². The summed E-state index contributed by atoms with van der Waals surface area (Å²) in [6, 6.07) is 3.71. The minimum atomic E-state index is -3.88. The van der Waals surface area contributed by atoms with E-state index in [9.17, 15) is 17.6 Å². The van der Waals surface area contributed by atoms with Crippen molar-refractivity contribution in [2.75, 3.05) is 13.6 Å². The Kier molecular flexibility index (Phi) is 5.40. The van der Waals surface area contributed by atoms with E-state index in [-0.39, 0.29) is 35.9 Å². The molecule has 1 aromatic carbocycles. The minimum absolute atomic E-state index is 0.00298. The highest BCUT2D eigenvalue weighted by Crippen LogP contribution is 2.18. The SMILES string of the molecule is CNC(=O)CCNS(=O)(=O)c1cccc(F)c1CN. The Labute approximate surface area is 111 Å². The molecule has 0 bridgehead atoms. The van der Waals surface area contributed by atoms with Gasteiger partial charge in [-0.2, -0.15) is 0 Å². The molecule has 1 aromatic rings. The highest BCUT2D eigenvalue weighted by Gasteiger charge is 2.19. The van der Waals surface area contributed by atoms with Gasteiger partial charge >= 0.3 is 0 Å². The number of nitrogens with one attached hydrogen (secondary N) is 2. The van der Waals surface area contributed by atoms with Crippen molar-refractivity contribution in [2.45, 2.75) is 17.9 Å². The summed E-state index contributed by atoms with van der Waals surface area (Å²) in [5.41, 5.74) is 5.28. The molecule has 8 heteroatoms. The highest BCUT2D eigenvalue weighted by molar-refractivity contribution is 7.89. The highest BCUT2D eigenvalue weighted by atomic mass is 32.2. The van der Waals surface area contributed by atoms with Crippen LogP contribution in [-0.2, 0) is 21.4 Å². The number of benzene rings is 1. The van der Waals surface area contributed by atoms with Crippen LogP contribution in [0, 0.1) is 5.82 Å². The molecule has 0 aliphatic heterocycles. The predicted octanol–water partition coefficient (Wildman–Crippen LogP) is -0.301. The molecule has 0 radical (unpaired) electrons. The molecular formula is C11H16FN3O3S. The molecule has 0 aliphatic rings. The van der Waals surface area contributed by atoms with Gasteiger partial charge in [-0.05, 0) is 12.1 Å². The molecule has 0 spiro atoms. The van der Waals surface area contributed by atoms with E-state index in [1.807, 2.05) is 0 Å². The second kappa shape index (κ2) is 6.60. The summed E-state index contributed by atoms with van der Waals surface area (Å²) in [5, 5.41) is 2.37. The van der Waals surface area contributed by atoms with Crippen molar-refractivity contribution in [3.63, 3.8) is 0 Å². The van der Waals surface area contributed by atoms with Gasteiger partial charge in [-0.3, -0.25) is 4.79 Å². The lowest BCUT2D eigenvalue weighted by atomic mass is 10.2. The monoisotopic (exact) mass is 289 g/mol. The van der Waals surface area contributed by atoms with E-state index in [1.54, 1.807) is 0 Å². The summed E-state index contributed by atoms with van der Waals surface area (Å²) in [6.45, 7) is -0.291. The first-order valence-corrected chi connectivity index (χ1v) is 7.08. The Morgan fingerprint density at radius 1 is 1.42 bits per heavy atom. The second-order valence-corrected chi connectivity index (χ2v) is 5.48. The molecule has 0 heterocycles. The molecule has 1 rings (SSSR count). The van der Waals surface area contributed by atoms with Crippen LogP contribution in [0.2, 0.25) is 0 Å². The summed E-state index contributed by atoms with van der Waals surface area (Å²) >= 11 is 0. The van der Waals surface area contributed by atoms with Gasteiger partial charge in [-0.15, -0.1) is 0 Å². The molecule has 0 aliphatic carbocycles. The van der Waals surface area contributed by atoms with Crippen LogP contribution >= 0.6 is 0 Å². The topological polar surface area (TPSA) is 101 Å². The van der Waals surface area contributed by atoms with Crippen LogP contribution < -0.4 is 15.8 Å². The zero-order chi connectivity index (χ0) is 14.5. The molecular weight excluding hydrogens is 273 g/mol. The smallest absolute Gasteiger partial charge is 0.241 e. The van der Waals surface area contributed by atoms with Crippen LogP contribution in [0.25, 0.3) is 0 Å². The molecule has 1 amide bonds. The van der Waals surface area contributed by atoms with Gasteiger partial charge in [0.05, 0.1) is 4.90 Å². The third kappa shape index (κ3) is 3.98. The lowest BCUT2D eigenvalue weighted by Gasteiger charge is -2.10. The van der Waals surface area contributed by atoms with Crippen LogP contribution in [0.15, 0.2) is 23.1 Å². The van der Waals surface area contributed by atoms with E-state index in [4.69, 9.17) is 5.73 Å². The fourth-order valence-electron chi connectivity index (χ4n) is 1.49. The maximum Gasteiger partial charge on any atom is 0.241 e. The maximum atomic E-state index is 13.4. The molecule has 6 nitrogen and oxygen atoms in total. The van der Waals surface area contributed by atoms with Crippen LogP contribution in [-0.4, -0.2) is 27.9 Å². The minimum Gasteiger partial charge on any atom is -0.359 e. The lowest BCUT2D eigenvalue weighted by Crippen LogP contribution is -2.30. The molecule has 19 heavy (non-hydrogen) atoms. The number of nitrogens with two attached hydrogens (primary N) is 1. The fraction of sp³-hybridized carbons (Fsp3) is 0.364. The molecule has 0 aromatic heterocycles. The summed E-state index contributed by atoms with van der Waals surface area (Å²) in [6.07, 6.45) is 0.00298. The quantitative estimate of drug-likeness (QED) is 0.669. The summed E-state index contributed by atoms with van der Waals surface area (Å²) in [5.74, 6) is -0.960. The normalized spacial score (nSPS) is 11.3. The number of carbonyl (C=O) groups excluding carboxylic acids is 1. The summed E-state index contributed by atoms with van der Waals surface area (Å²) < 4.78 is 39.6. The average molecular weight is 289 g/mol. The zero-order valence-corrected chi connectivity index (χ0v) is 11.3. The van der Waals surface area contributed by atoms with Gasteiger partial charge in [0.25, 0.3) is 0 Å². The van der Waals surface area contributed by atoms with Crippen LogP contribution in [0.4, 0.5) is 4.39 Å². The number of sulfonamides is 1. The first-order chi connectivity index (χ1) is 8.92. The molecule has 4 N–H and O–H groups in total. The summed E-state index contributed by atoms with van der Waals surface area (Å²) in [4.78, 5) is 10.8. The Morgan fingerprint density at radius 2 is 2.11 bits per heavy atom. The molecule has 0 saturated heterocycles. The fourth-order valence-corrected chi connectivity index (χ4v) is 2.78. The Hall–Kier alpha value is -1.51. The van der Waals surface area contributed by atoms with Gasteiger partial charge in [-0.25, -0.2) is 17.5 Å².